The van der Waals surface area contributed by atoms with Gasteiger partial charge in [-0.2, -0.15) is 0 Å². The van der Waals surface area contributed by atoms with Gasteiger partial charge in [0.15, 0.2) is 0 Å². The van der Waals surface area contributed by atoms with Crippen molar-refractivity contribution >= 4 is 0 Å². The molecule has 1 fully saturated rings. The van der Waals surface area contributed by atoms with Crippen LogP contribution in [-0.4, -0.2) is 23.7 Å². The van der Waals surface area contributed by atoms with E-state index in [1.807, 2.05) is 12.3 Å². The Kier molecular flexibility index (Phi) is 2.77. The molecule has 0 aromatic rings. The van der Waals surface area contributed by atoms with Crippen molar-refractivity contribution in [2.24, 2.45) is 5.73 Å². The summed E-state index contributed by atoms with van der Waals surface area (Å²) in [6.07, 6.45) is 10.4. The first-order chi connectivity index (χ1) is 6.77. The molecule has 0 aromatic heterocycles. The van der Waals surface area contributed by atoms with Gasteiger partial charge in [-0.15, -0.1) is 0 Å². The number of nitrogens with zero attached hydrogens (tertiary/aromatic N) is 1. The Hall–Kier alpha value is -0.960. The van der Waals surface area contributed by atoms with E-state index in [-0.39, 0.29) is 0 Å². The van der Waals surface area contributed by atoms with Gasteiger partial charge in [0.1, 0.15) is 0 Å². The zero-order valence-electron chi connectivity index (χ0n) is 8.74. The topological polar surface area (TPSA) is 41.3 Å². The van der Waals surface area contributed by atoms with E-state index in [2.05, 4.69) is 23.2 Å². The Morgan fingerprint density at radius 1 is 1.50 bits per heavy atom. The second-order valence-electron chi connectivity index (χ2n) is 4.20. The molecule has 78 valence electrons. The lowest BCUT2D eigenvalue weighted by molar-refractivity contribution is 0.117. The van der Waals surface area contributed by atoms with Gasteiger partial charge in [-0.05, 0) is 31.9 Å². The Balaban J connectivity index is 1.98. The zero-order valence-corrected chi connectivity index (χ0v) is 8.74. The molecule has 2 heterocycles. The van der Waals surface area contributed by atoms with Crippen molar-refractivity contribution in [2.75, 3.05) is 6.54 Å². The fourth-order valence-corrected chi connectivity index (χ4v) is 2.23. The number of dihydropyridines is 1. The van der Waals surface area contributed by atoms with Crippen molar-refractivity contribution in [1.82, 2.24) is 10.2 Å². The molecule has 2 aliphatic rings. The molecule has 2 aliphatic heterocycles. The third-order valence-electron chi connectivity index (χ3n) is 3.10. The molecular formula is C11H19N3. The maximum absolute atomic E-state index is 5.65. The number of rotatable bonds is 1. The van der Waals surface area contributed by atoms with Crippen LogP contribution < -0.4 is 11.1 Å². The molecule has 1 unspecified atom stereocenters. The van der Waals surface area contributed by atoms with Gasteiger partial charge in [-0.3, -0.25) is 4.90 Å². The van der Waals surface area contributed by atoms with Gasteiger partial charge in [0.05, 0.1) is 6.17 Å². The molecule has 3 nitrogen and oxygen atoms in total. The summed E-state index contributed by atoms with van der Waals surface area (Å²) in [7, 11) is 0. The summed E-state index contributed by atoms with van der Waals surface area (Å²) in [5.74, 6) is 0. The molecule has 2 rings (SSSR count). The fraction of sp³-hybridized carbons (Fsp3) is 0.636. The van der Waals surface area contributed by atoms with Crippen LogP contribution in [0, 0.1) is 0 Å². The Labute approximate surface area is 85.6 Å². The molecular weight excluding hydrogens is 174 g/mol. The molecule has 3 heteroatoms. The van der Waals surface area contributed by atoms with Crippen LogP contribution in [-0.2, 0) is 0 Å². The first-order valence-electron chi connectivity index (χ1n) is 5.43. The lowest BCUT2D eigenvalue weighted by atomic mass is 10.0. The molecule has 14 heavy (non-hydrogen) atoms. The van der Waals surface area contributed by atoms with Crippen LogP contribution in [0.25, 0.3) is 0 Å². The smallest absolute Gasteiger partial charge is 0.0988 e. The van der Waals surface area contributed by atoms with Crippen LogP contribution in [0.2, 0.25) is 0 Å². The normalized spacial score (nSPS) is 33.6. The van der Waals surface area contributed by atoms with Gasteiger partial charge in [-0.25, -0.2) is 0 Å². The summed E-state index contributed by atoms with van der Waals surface area (Å²) >= 11 is 0. The molecule has 0 aromatic carbocycles. The summed E-state index contributed by atoms with van der Waals surface area (Å²) in [5.41, 5.74) is 6.47. The minimum absolute atomic E-state index is 0.345. The Morgan fingerprint density at radius 3 is 3.00 bits per heavy atom. The molecule has 2 atom stereocenters. The SMILES string of the molecule is C[C@H]1CCCCN1C1C=CC(N)=CN1. The zero-order chi connectivity index (χ0) is 9.97. The highest BCUT2D eigenvalue weighted by Gasteiger charge is 2.24. The van der Waals surface area contributed by atoms with Gasteiger partial charge in [0.2, 0.25) is 0 Å². The summed E-state index contributed by atoms with van der Waals surface area (Å²) < 4.78 is 0. The molecule has 0 bridgehead atoms. The number of hydrogen-bond acceptors (Lipinski definition) is 3. The van der Waals surface area contributed by atoms with Gasteiger partial charge in [-0.1, -0.05) is 6.42 Å². The maximum Gasteiger partial charge on any atom is 0.0988 e. The second-order valence-corrected chi connectivity index (χ2v) is 4.20. The van der Waals surface area contributed by atoms with Crippen molar-refractivity contribution in [3.8, 4) is 0 Å². The highest BCUT2D eigenvalue weighted by molar-refractivity contribution is 5.20. The minimum atomic E-state index is 0.345. The number of piperidine rings is 1. The monoisotopic (exact) mass is 193 g/mol. The van der Waals surface area contributed by atoms with Crippen LogP contribution in [0.1, 0.15) is 26.2 Å². The lowest BCUT2D eigenvalue weighted by Crippen LogP contribution is -2.50. The third kappa shape index (κ3) is 1.93. The number of nitrogens with one attached hydrogen (secondary N) is 1. The third-order valence-corrected chi connectivity index (χ3v) is 3.10. The van der Waals surface area contributed by atoms with Gasteiger partial charge in [0, 0.05) is 24.5 Å². The highest BCUT2D eigenvalue weighted by atomic mass is 15.3. The fourth-order valence-electron chi connectivity index (χ4n) is 2.23. The van der Waals surface area contributed by atoms with Crippen molar-refractivity contribution in [1.29, 1.82) is 0 Å². The minimum Gasteiger partial charge on any atom is -0.398 e. The van der Waals surface area contributed by atoms with E-state index in [1.54, 1.807) is 0 Å². The van der Waals surface area contributed by atoms with Crippen LogP contribution in [0.4, 0.5) is 0 Å². The highest BCUT2D eigenvalue weighted by Crippen LogP contribution is 2.19. The van der Waals surface area contributed by atoms with Gasteiger partial charge < -0.3 is 11.1 Å². The first-order valence-corrected chi connectivity index (χ1v) is 5.43. The molecule has 0 saturated carbocycles. The van der Waals surface area contributed by atoms with E-state index in [1.165, 1.54) is 25.8 Å². The summed E-state index contributed by atoms with van der Waals surface area (Å²) in [6, 6.07) is 0.679. The summed E-state index contributed by atoms with van der Waals surface area (Å²) in [5, 5.41) is 3.32. The predicted molar refractivity (Wildman–Crippen MR) is 58.4 cm³/mol. The van der Waals surface area contributed by atoms with Gasteiger partial charge >= 0.3 is 0 Å². The first kappa shape index (κ1) is 9.59. The van der Waals surface area contributed by atoms with E-state index < -0.39 is 0 Å². The molecule has 0 spiro atoms. The van der Waals surface area contributed by atoms with E-state index in [0.29, 0.717) is 12.2 Å². The lowest BCUT2D eigenvalue weighted by Gasteiger charge is -2.39. The quantitative estimate of drug-likeness (QED) is 0.656. The van der Waals surface area contributed by atoms with E-state index in [9.17, 15) is 0 Å². The van der Waals surface area contributed by atoms with Crippen LogP contribution in [0.5, 0.6) is 0 Å². The molecule has 0 radical (unpaired) electrons. The van der Waals surface area contributed by atoms with E-state index in [0.717, 1.165) is 5.70 Å². The number of allylic oxidation sites excluding steroid dienone is 1. The molecule has 1 saturated heterocycles. The van der Waals surface area contributed by atoms with Gasteiger partial charge in [0.25, 0.3) is 0 Å². The van der Waals surface area contributed by atoms with E-state index >= 15 is 0 Å². The Bertz CT molecular complexity index is 257. The largest absolute Gasteiger partial charge is 0.398 e. The molecule has 0 amide bonds. The van der Waals surface area contributed by atoms with Crippen molar-refractivity contribution in [2.45, 2.75) is 38.4 Å². The second kappa shape index (κ2) is 4.05. The summed E-state index contributed by atoms with van der Waals surface area (Å²) in [6.45, 7) is 3.49. The van der Waals surface area contributed by atoms with Crippen LogP contribution >= 0.6 is 0 Å². The number of likely N-dealkylation sites (tertiary alicyclic amines) is 1. The Morgan fingerprint density at radius 2 is 2.36 bits per heavy atom. The molecule has 3 N–H and O–H groups in total. The average molecular weight is 193 g/mol. The van der Waals surface area contributed by atoms with E-state index in [4.69, 9.17) is 5.73 Å². The standard InChI is InChI=1S/C11H19N3/c1-9-4-2-3-7-14(9)11-6-5-10(12)8-13-11/h5-6,8-9,11,13H,2-4,7,12H2,1H3/t9-,11?/m0/s1. The van der Waals surface area contributed by atoms with Crippen molar-refractivity contribution in [3.05, 3.63) is 24.0 Å². The number of hydrogen-bond donors (Lipinski definition) is 2. The van der Waals surface area contributed by atoms with Crippen LogP contribution in [0.15, 0.2) is 24.0 Å². The average Bonchev–Trinajstić information content (AvgIpc) is 2.20. The maximum atomic E-state index is 5.65. The van der Waals surface area contributed by atoms with Crippen molar-refractivity contribution < 1.29 is 0 Å². The molecule has 0 aliphatic carbocycles. The number of nitrogens with two attached hydrogens (primary N) is 1. The predicted octanol–water partition coefficient (Wildman–Crippen LogP) is 1.15. The van der Waals surface area contributed by atoms with Crippen LogP contribution in [0.3, 0.4) is 0 Å². The summed E-state index contributed by atoms with van der Waals surface area (Å²) in [4.78, 5) is 2.50. The van der Waals surface area contributed by atoms with Crippen molar-refractivity contribution in [3.63, 3.8) is 0 Å².